The van der Waals surface area contributed by atoms with Crippen LogP contribution in [0, 0.1) is 5.41 Å². The van der Waals surface area contributed by atoms with Gasteiger partial charge in [0.25, 0.3) is 0 Å². The van der Waals surface area contributed by atoms with E-state index in [1.165, 1.54) is 11.1 Å². The van der Waals surface area contributed by atoms with E-state index in [1.807, 2.05) is 30.3 Å². The molecule has 7 N–H and O–H groups in total. The average Bonchev–Trinajstić information content (AvgIpc) is 2.68. The van der Waals surface area contributed by atoms with Crippen LogP contribution in [0.4, 0.5) is 11.5 Å². The molecule has 0 spiro atoms. The maximum atomic E-state index is 10.2. The van der Waals surface area contributed by atoms with Crippen LogP contribution < -0.4 is 21.9 Å². The number of rotatable bonds is 6. The van der Waals surface area contributed by atoms with Crippen molar-refractivity contribution in [3.63, 3.8) is 0 Å². The lowest BCUT2D eigenvalue weighted by Gasteiger charge is -2.21. The summed E-state index contributed by atoms with van der Waals surface area (Å²) >= 11 is 0. The standard InChI is InChI=1S/C19H21N7O/c1-23-10-14(9-20)16-8-17(27)18(21)19(25-16)26(22)11-12-4-5-15-13(7-12)3-2-6-24-15/h2-10,20,23H,11,21-22H2,1H3,(H,25,27)/b14-10+,20-9?. The molecule has 1 aromatic carbocycles. The predicted molar refractivity (Wildman–Crippen MR) is 108 cm³/mol. The molecule has 0 unspecified atom stereocenters. The first-order valence-electron chi connectivity index (χ1n) is 8.27. The van der Waals surface area contributed by atoms with E-state index in [9.17, 15) is 5.11 Å². The Labute approximate surface area is 156 Å². The van der Waals surface area contributed by atoms with E-state index >= 15 is 0 Å². The van der Waals surface area contributed by atoms with E-state index in [0.717, 1.165) is 22.7 Å². The molecule has 8 nitrogen and oxygen atoms in total. The van der Waals surface area contributed by atoms with E-state index in [2.05, 4.69) is 15.3 Å². The van der Waals surface area contributed by atoms with Gasteiger partial charge >= 0.3 is 0 Å². The van der Waals surface area contributed by atoms with Crippen LogP contribution in [-0.2, 0) is 6.54 Å². The summed E-state index contributed by atoms with van der Waals surface area (Å²) in [6, 6.07) is 11.1. The Morgan fingerprint density at radius 1 is 1.33 bits per heavy atom. The predicted octanol–water partition coefficient (Wildman–Crippen LogP) is 2.01. The number of fused-ring (bicyclic) bond motifs is 1. The second-order valence-electron chi connectivity index (χ2n) is 5.95. The lowest BCUT2D eigenvalue weighted by Crippen LogP contribution is -2.32. The summed E-state index contributed by atoms with van der Waals surface area (Å²) in [6.45, 7) is 0.334. The number of hydrogen-bond donors (Lipinski definition) is 5. The summed E-state index contributed by atoms with van der Waals surface area (Å²) in [7, 11) is 1.71. The summed E-state index contributed by atoms with van der Waals surface area (Å²) in [5.41, 5.74) is 8.77. The smallest absolute Gasteiger partial charge is 0.170 e. The van der Waals surface area contributed by atoms with Crippen molar-refractivity contribution < 1.29 is 5.11 Å². The molecule has 0 fully saturated rings. The molecule has 0 atom stereocenters. The van der Waals surface area contributed by atoms with Crippen LogP contribution >= 0.6 is 0 Å². The lowest BCUT2D eigenvalue weighted by molar-refractivity contribution is 0.477. The molecule has 27 heavy (non-hydrogen) atoms. The average molecular weight is 363 g/mol. The molecule has 0 radical (unpaired) electrons. The van der Waals surface area contributed by atoms with Gasteiger partial charge in [-0.15, -0.1) is 0 Å². The Bertz CT molecular complexity index is 1020. The van der Waals surface area contributed by atoms with Crippen molar-refractivity contribution in [3.8, 4) is 5.75 Å². The van der Waals surface area contributed by atoms with Gasteiger partial charge < -0.3 is 21.6 Å². The van der Waals surface area contributed by atoms with E-state index in [4.69, 9.17) is 17.0 Å². The summed E-state index contributed by atoms with van der Waals surface area (Å²) in [4.78, 5) is 8.72. The van der Waals surface area contributed by atoms with Crippen molar-refractivity contribution in [2.24, 2.45) is 5.84 Å². The molecule has 3 rings (SSSR count). The monoisotopic (exact) mass is 363 g/mol. The Balaban J connectivity index is 1.95. The first kappa shape index (κ1) is 18.2. The number of nitrogens with one attached hydrogen (secondary N) is 2. The number of pyridine rings is 2. The first-order valence-corrected chi connectivity index (χ1v) is 8.27. The fraction of sp³-hybridized carbons (Fsp3) is 0.105. The number of hydrogen-bond acceptors (Lipinski definition) is 8. The minimum absolute atomic E-state index is 0.0810. The van der Waals surface area contributed by atoms with Crippen molar-refractivity contribution in [1.82, 2.24) is 15.3 Å². The fourth-order valence-electron chi connectivity index (χ4n) is 2.74. The molecular formula is C19H21N7O. The Morgan fingerprint density at radius 3 is 2.89 bits per heavy atom. The van der Waals surface area contributed by atoms with Gasteiger partial charge in [-0.25, -0.2) is 10.8 Å². The van der Waals surface area contributed by atoms with Crippen molar-refractivity contribution in [1.29, 1.82) is 5.41 Å². The maximum Gasteiger partial charge on any atom is 0.170 e. The number of anilines is 2. The Hall–Kier alpha value is -3.65. The van der Waals surface area contributed by atoms with Crippen LogP contribution in [0.3, 0.4) is 0 Å². The van der Waals surface area contributed by atoms with Gasteiger partial charge in [0.05, 0.1) is 17.8 Å². The summed E-state index contributed by atoms with van der Waals surface area (Å²) in [6.07, 6.45) is 4.48. The van der Waals surface area contributed by atoms with Gasteiger partial charge in [0.1, 0.15) is 11.4 Å². The van der Waals surface area contributed by atoms with Gasteiger partial charge in [-0.05, 0) is 23.8 Å². The van der Waals surface area contributed by atoms with E-state index in [-0.39, 0.29) is 17.3 Å². The quantitative estimate of drug-likeness (QED) is 0.257. The number of allylic oxidation sites excluding steroid dienone is 1. The van der Waals surface area contributed by atoms with Crippen molar-refractivity contribution in [2.45, 2.75) is 6.54 Å². The number of hydrazine groups is 1. The number of benzene rings is 1. The largest absolute Gasteiger partial charge is 0.506 e. The summed E-state index contributed by atoms with van der Waals surface area (Å²) < 4.78 is 0. The van der Waals surface area contributed by atoms with Gasteiger partial charge in [0, 0.05) is 42.7 Å². The molecule has 0 aliphatic carbocycles. The minimum atomic E-state index is -0.142. The third kappa shape index (κ3) is 3.80. The molecule has 0 aliphatic rings. The van der Waals surface area contributed by atoms with Crippen molar-refractivity contribution >= 4 is 34.2 Å². The first-order chi connectivity index (χ1) is 13.0. The maximum absolute atomic E-state index is 10.2. The molecule has 0 saturated heterocycles. The molecular weight excluding hydrogens is 342 g/mol. The number of nitrogens with zero attached hydrogens (tertiary/aromatic N) is 3. The normalized spacial score (nSPS) is 11.4. The molecule has 3 aromatic rings. The topological polar surface area (TPSA) is 137 Å². The third-order valence-corrected chi connectivity index (χ3v) is 4.06. The van der Waals surface area contributed by atoms with Crippen molar-refractivity contribution in [2.75, 3.05) is 17.8 Å². The van der Waals surface area contributed by atoms with Crippen LogP contribution in [0.2, 0.25) is 0 Å². The highest BCUT2D eigenvalue weighted by atomic mass is 16.3. The molecule has 2 aromatic heterocycles. The van der Waals surface area contributed by atoms with Crippen LogP contribution in [0.15, 0.2) is 48.8 Å². The molecule has 0 aliphatic heterocycles. The molecule has 138 valence electrons. The SMILES string of the molecule is CN/C=C(\C=N)c1cc(O)c(N)c(N(N)Cc2ccc3ncccc3c2)n1. The highest BCUT2D eigenvalue weighted by Crippen LogP contribution is 2.32. The minimum Gasteiger partial charge on any atom is -0.506 e. The van der Waals surface area contributed by atoms with Gasteiger partial charge in [0.15, 0.2) is 5.82 Å². The lowest BCUT2D eigenvalue weighted by atomic mass is 10.1. The number of nitrogen functional groups attached to an aromatic ring is 1. The number of aromatic hydroxyl groups is 1. The van der Waals surface area contributed by atoms with E-state index in [0.29, 0.717) is 17.8 Å². The Morgan fingerprint density at radius 2 is 2.15 bits per heavy atom. The fourth-order valence-corrected chi connectivity index (χ4v) is 2.74. The molecule has 0 bridgehead atoms. The molecule has 8 heteroatoms. The van der Waals surface area contributed by atoms with Gasteiger partial charge in [0.2, 0.25) is 0 Å². The second-order valence-corrected chi connectivity index (χ2v) is 5.95. The summed E-state index contributed by atoms with van der Waals surface area (Å²) in [5.74, 6) is 6.29. The Kier molecular flexibility index (Phi) is 5.18. The van der Waals surface area contributed by atoms with Gasteiger partial charge in [-0.3, -0.25) is 9.99 Å². The molecule has 0 amide bonds. The zero-order valence-electron chi connectivity index (χ0n) is 14.8. The molecule has 2 heterocycles. The van der Waals surface area contributed by atoms with Crippen molar-refractivity contribution in [3.05, 3.63) is 60.1 Å². The van der Waals surface area contributed by atoms with Crippen LogP contribution in [0.1, 0.15) is 11.3 Å². The highest BCUT2D eigenvalue weighted by molar-refractivity contribution is 6.07. The second kappa shape index (κ2) is 7.71. The third-order valence-electron chi connectivity index (χ3n) is 4.06. The number of aromatic nitrogens is 2. The number of nitrogens with two attached hydrogens (primary N) is 2. The van der Waals surface area contributed by atoms with Gasteiger partial charge in [-0.1, -0.05) is 12.1 Å². The zero-order valence-corrected chi connectivity index (χ0v) is 14.8. The van der Waals surface area contributed by atoms with Gasteiger partial charge in [-0.2, -0.15) is 0 Å². The zero-order chi connectivity index (χ0) is 19.4. The van der Waals surface area contributed by atoms with Crippen LogP contribution in [-0.4, -0.2) is 28.3 Å². The van der Waals surface area contributed by atoms with Crippen LogP contribution in [0.5, 0.6) is 5.75 Å². The van der Waals surface area contributed by atoms with E-state index in [1.54, 1.807) is 19.4 Å². The summed E-state index contributed by atoms with van der Waals surface area (Å²) in [5, 5.41) is 22.9. The highest BCUT2D eigenvalue weighted by Gasteiger charge is 2.16. The van der Waals surface area contributed by atoms with E-state index < -0.39 is 0 Å². The van der Waals surface area contributed by atoms with Crippen LogP contribution in [0.25, 0.3) is 16.5 Å². The molecule has 0 saturated carbocycles.